The first-order valence-electron chi connectivity index (χ1n) is 11.5. The summed E-state index contributed by atoms with van der Waals surface area (Å²) in [4.78, 5) is 12.5. The van der Waals surface area contributed by atoms with Crippen molar-refractivity contribution in [3.63, 3.8) is 0 Å². The molecule has 0 saturated heterocycles. The average molecular weight is 518 g/mol. The summed E-state index contributed by atoms with van der Waals surface area (Å²) in [5.41, 5.74) is 0.979. The van der Waals surface area contributed by atoms with Gasteiger partial charge in [0.25, 0.3) is 0 Å². The third-order valence-electron chi connectivity index (χ3n) is 5.51. The van der Waals surface area contributed by atoms with Gasteiger partial charge in [-0.3, -0.25) is 0 Å². The number of benzene rings is 2. The third kappa shape index (κ3) is 7.17. The van der Waals surface area contributed by atoms with Gasteiger partial charge in [0.1, 0.15) is 12.4 Å². The van der Waals surface area contributed by atoms with E-state index in [1.165, 1.54) is 25.3 Å². The number of hydrogen-bond donors (Lipinski definition) is 1. The molecule has 194 valence electrons. The number of nitrogens with zero attached hydrogens (tertiary/aromatic N) is 1. The Labute approximate surface area is 211 Å². The van der Waals surface area contributed by atoms with Crippen molar-refractivity contribution in [2.75, 3.05) is 40.0 Å². The minimum Gasteiger partial charge on any atom is -0.497 e. The molecule has 10 heteroatoms. The Morgan fingerprint density at radius 2 is 1.89 bits per heavy atom. The van der Waals surface area contributed by atoms with Gasteiger partial charge < -0.3 is 24.1 Å². The molecule has 1 aliphatic rings. The zero-order valence-electron chi connectivity index (χ0n) is 20.1. The van der Waals surface area contributed by atoms with Gasteiger partial charge in [-0.05, 0) is 35.9 Å². The van der Waals surface area contributed by atoms with Gasteiger partial charge in [-0.2, -0.15) is 4.31 Å². The zero-order chi connectivity index (χ0) is 26.0. The van der Waals surface area contributed by atoms with Crippen molar-refractivity contribution in [3.8, 4) is 5.75 Å². The topological polar surface area (TPSA) is 112 Å². The summed E-state index contributed by atoms with van der Waals surface area (Å²) in [6, 6.07) is 15.6. The minimum atomic E-state index is -3.88. The van der Waals surface area contributed by atoms with E-state index >= 15 is 0 Å². The van der Waals surface area contributed by atoms with Crippen LogP contribution in [0.15, 0.2) is 84.0 Å². The predicted octanol–water partition coefficient (Wildman–Crippen LogP) is 2.84. The van der Waals surface area contributed by atoms with E-state index in [0.29, 0.717) is 12.2 Å². The van der Waals surface area contributed by atoms with Crippen molar-refractivity contribution in [1.29, 1.82) is 0 Å². The monoisotopic (exact) mass is 517 g/mol. The highest BCUT2D eigenvalue weighted by Gasteiger charge is 2.30. The Morgan fingerprint density at radius 3 is 2.53 bits per heavy atom. The van der Waals surface area contributed by atoms with Crippen molar-refractivity contribution < 1.29 is 37.3 Å². The number of methoxy groups -OCH3 is 1. The van der Waals surface area contributed by atoms with Gasteiger partial charge in [0.05, 0.1) is 25.2 Å². The molecule has 0 bridgehead atoms. The maximum Gasteiger partial charge on any atom is 0.373 e. The Hall–Kier alpha value is -3.18. The lowest BCUT2D eigenvalue weighted by Gasteiger charge is -2.29. The van der Waals surface area contributed by atoms with Crippen LogP contribution in [0.25, 0.3) is 0 Å². The molecule has 0 amide bonds. The van der Waals surface area contributed by atoms with Gasteiger partial charge in [-0.1, -0.05) is 43.0 Å². The molecule has 2 aromatic rings. The van der Waals surface area contributed by atoms with Crippen LogP contribution in [0.1, 0.15) is 17.9 Å². The minimum absolute atomic E-state index is 0.0173. The summed E-state index contributed by atoms with van der Waals surface area (Å²) in [5, 5.41) is 9.45. The molecular formula is C26H31NO8S. The molecule has 36 heavy (non-hydrogen) atoms. The van der Waals surface area contributed by atoms with E-state index in [2.05, 4.69) is 6.58 Å². The molecule has 9 nitrogen and oxygen atoms in total. The number of aliphatic hydroxyl groups is 1. The molecule has 0 radical (unpaired) electrons. The fourth-order valence-electron chi connectivity index (χ4n) is 3.69. The number of aliphatic hydroxyl groups excluding tert-OH is 1. The standard InChI is InChI=1S/C26H31NO8S/c1-3-16-34-26(29)24-18-21(20-7-5-4-6-8-20)19-25(35-24)33-17-14-27(13-15-28)36(30,31)23-11-9-22(32-2)10-12-23/h3-12,18,21,25,28H,1,13-17,19H2,2H3/t21-,25?/m0/s1. The van der Waals surface area contributed by atoms with Crippen LogP contribution in [-0.4, -0.2) is 70.1 Å². The highest BCUT2D eigenvalue weighted by Crippen LogP contribution is 2.32. The van der Waals surface area contributed by atoms with E-state index < -0.39 is 22.3 Å². The zero-order valence-corrected chi connectivity index (χ0v) is 20.9. The van der Waals surface area contributed by atoms with Gasteiger partial charge in [-0.25, -0.2) is 13.2 Å². The summed E-state index contributed by atoms with van der Waals surface area (Å²) in [6.07, 6.45) is 2.79. The summed E-state index contributed by atoms with van der Waals surface area (Å²) < 4.78 is 49.1. The lowest BCUT2D eigenvalue weighted by atomic mass is 9.93. The molecule has 1 aliphatic heterocycles. The van der Waals surface area contributed by atoms with Crippen LogP contribution in [0.4, 0.5) is 0 Å². The molecule has 2 atom stereocenters. The molecule has 0 saturated carbocycles. The molecule has 2 aromatic carbocycles. The number of carbonyl (C=O) groups is 1. The van der Waals surface area contributed by atoms with E-state index in [0.717, 1.165) is 9.87 Å². The number of allylic oxidation sites excluding steroid dienone is 1. The highest BCUT2D eigenvalue weighted by molar-refractivity contribution is 7.89. The van der Waals surface area contributed by atoms with Crippen molar-refractivity contribution in [2.45, 2.75) is 23.5 Å². The quantitative estimate of drug-likeness (QED) is 0.319. The van der Waals surface area contributed by atoms with E-state index in [1.807, 2.05) is 30.3 Å². The first-order chi connectivity index (χ1) is 17.4. The Morgan fingerprint density at radius 1 is 1.17 bits per heavy atom. The van der Waals surface area contributed by atoms with E-state index in [9.17, 15) is 18.3 Å². The van der Waals surface area contributed by atoms with Gasteiger partial charge in [0.15, 0.2) is 0 Å². The molecule has 0 aliphatic carbocycles. The largest absolute Gasteiger partial charge is 0.497 e. The lowest BCUT2D eigenvalue weighted by molar-refractivity contribution is -0.160. The molecule has 1 N–H and O–H groups in total. The first kappa shape index (κ1) is 27.4. The summed E-state index contributed by atoms with van der Waals surface area (Å²) >= 11 is 0. The Kier molecular flexibility index (Phi) is 10.1. The van der Waals surface area contributed by atoms with Crippen molar-refractivity contribution in [3.05, 3.63) is 84.7 Å². The maximum absolute atomic E-state index is 13.1. The second-order valence-corrected chi connectivity index (χ2v) is 9.83. The highest BCUT2D eigenvalue weighted by atomic mass is 32.2. The summed E-state index contributed by atoms with van der Waals surface area (Å²) in [5.74, 6) is -0.232. The molecular weight excluding hydrogens is 486 g/mol. The van der Waals surface area contributed by atoms with Gasteiger partial charge >= 0.3 is 5.97 Å². The van der Waals surface area contributed by atoms with Crippen molar-refractivity contribution in [2.24, 2.45) is 0 Å². The molecule has 1 unspecified atom stereocenters. The van der Waals surface area contributed by atoms with E-state index in [4.69, 9.17) is 18.9 Å². The van der Waals surface area contributed by atoms with Crippen LogP contribution in [0, 0.1) is 0 Å². The van der Waals surface area contributed by atoms with Gasteiger partial charge in [-0.15, -0.1) is 0 Å². The number of ether oxygens (including phenoxy) is 4. The van der Waals surface area contributed by atoms with Crippen molar-refractivity contribution >= 4 is 16.0 Å². The normalized spacial score (nSPS) is 17.7. The molecule has 1 heterocycles. The predicted molar refractivity (Wildman–Crippen MR) is 133 cm³/mol. The summed E-state index contributed by atoms with van der Waals surface area (Å²) in [7, 11) is -2.38. The fraction of sp³-hybridized carbons (Fsp3) is 0.346. The number of rotatable bonds is 13. The molecule has 0 aromatic heterocycles. The van der Waals surface area contributed by atoms with Crippen LogP contribution in [0.5, 0.6) is 5.75 Å². The lowest BCUT2D eigenvalue weighted by Crippen LogP contribution is -2.37. The van der Waals surface area contributed by atoms with Crippen LogP contribution < -0.4 is 4.74 Å². The molecule has 0 fully saturated rings. The van der Waals surface area contributed by atoms with Crippen LogP contribution in [-0.2, 0) is 29.0 Å². The Balaban J connectivity index is 1.69. The van der Waals surface area contributed by atoms with E-state index in [1.54, 1.807) is 18.2 Å². The smallest absolute Gasteiger partial charge is 0.373 e. The summed E-state index contributed by atoms with van der Waals surface area (Å²) in [6.45, 7) is 3.08. The molecule has 0 spiro atoms. The third-order valence-corrected chi connectivity index (χ3v) is 7.42. The van der Waals surface area contributed by atoms with Crippen LogP contribution in [0.2, 0.25) is 0 Å². The van der Waals surface area contributed by atoms with E-state index in [-0.39, 0.29) is 49.5 Å². The van der Waals surface area contributed by atoms with Crippen LogP contribution in [0.3, 0.4) is 0 Å². The maximum atomic E-state index is 13.1. The number of hydrogen-bond acceptors (Lipinski definition) is 8. The van der Waals surface area contributed by atoms with Gasteiger partial charge in [0.2, 0.25) is 22.1 Å². The first-order valence-corrected chi connectivity index (χ1v) is 12.9. The number of esters is 1. The van der Waals surface area contributed by atoms with Crippen LogP contribution >= 0.6 is 0 Å². The van der Waals surface area contributed by atoms with Crippen molar-refractivity contribution in [1.82, 2.24) is 4.31 Å². The number of sulfonamides is 1. The number of carbonyl (C=O) groups excluding carboxylic acids is 1. The fourth-order valence-corrected chi connectivity index (χ4v) is 5.11. The Bertz CT molecular complexity index is 1130. The SMILES string of the molecule is C=CCOC(=O)C1=C[C@H](c2ccccc2)CC(OCCN(CCO)S(=O)(=O)c2ccc(OC)cc2)O1. The average Bonchev–Trinajstić information content (AvgIpc) is 2.91. The van der Waals surface area contributed by atoms with Gasteiger partial charge in [0, 0.05) is 25.4 Å². The second-order valence-electron chi connectivity index (χ2n) is 7.89. The second kappa shape index (κ2) is 13.2. The molecule has 3 rings (SSSR count).